The number of fused-ring (bicyclic) bond motifs is 1. The lowest BCUT2D eigenvalue weighted by Gasteiger charge is -2.26. The quantitative estimate of drug-likeness (QED) is 0.748. The molecule has 0 aliphatic carbocycles. The van der Waals surface area contributed by atoms with E-state index in [2.05, 4.69) is 15.6 Å². The maximum atomic E-state index is 9.87. The lowest BCUT2D eigenvalue weighted by molar-refractivity contribution is 0.205. The number of benzene rings is 2. The van der Waals surface area contributed by atoms with Gasteiger partial charge in [-0.3, -0.25) is 0 Å². The molecular weight excluding hydrogens is 344 g/mol. The summed E-state index contributed by atoms with van der Waals surface area (Å²) in [4.78, 5) is 4.48. The van der Waals surface area contributed by atoms with E-state index in [1.807, 2.05) is 18.3 Å². The van der Waals surface area contributed by atoms with E-state index in [9.17, 15) is 5.11 Å². The van der Waals surface area contributed by atoms with Gasteiger partial charge in [-0.25, -0.2) is 4.98 Å². The van der Waals surface area contributed by atoms with Gasteiger partial charge in [-0.2, -0.15) is 0 Å². The maximum Gasteiger partial charge on any atom is 0.143 e. The average Bonchev–Trinajstić information content (AvgIpc) is 3.15. The van der Waals surface area contributed by atoms with Crippen molar-refractivity contribution in [1.82, 2.24) is 9.55 Å². The number of ether oxygens (including phenoxy) is 3. The van der Waals surface area contributed by atoms with Crippen LogP contribution in [0.15, 0.2) is 48.8 Å². The highest BCUT2D eigenvalue weighted by atomic mass is 16.5. The van der Waals surface area contributed by atoms with Gasteiger partial charge in [0, 0.05) is 30.9 Å². The van der Waals surface area contributed by atoms with Crippen molar-refractivity contribution in [3.05, 3.63) is 54.4 Å². The second-order valence-electron chi connectivity index (χ2n) is 6.64. The molecular formula is C21H22N2O4. The number of nitrogens with zero attached hydrogens (tertiary/aromatic N) is 2. The lowest BCUT2D eigenvalue weighted by Crippen LogP contribution is -2.25. The highest BCUT2D eigenvalue weighted by molar-refractivity contribution is 5.66. The van der Waals surface area contributed by atoms with Crippen molar-refractivity contribution in [2.75, 3.05) is 20.8 Å². The average molecular weight is 366 g/mol. The fourth-order valence-corrected chi connectivity index (χ4v) is 3.51. The number of phenolic OH excluding ortho intramolecular Hbond substituents is 1. The summed E-state index contributed by atoms with van der Waals surface area (Å²) in [6.07, 6.45) is 4.64. The molecule has 0 spiro atoms. The minimum absolute atomic E-state index is 0.184. The summed E-state index contributed by atoms with van der Waals surface area (Å²) in [6, 6.07) is 11.0. The van der Waals surface area contributed by atoms with E-state index in [0.29, 0.717) is 18.3 Å². The van der Waals surface area contributed by atoms with Gasteiger partial charge in [0.25, 0.3) is 0 Å². The largest absolute Gasteiger partial charge is 0.508 e. The third kappa shape index (κ3) is 3.43. The molecule has 140 valence electrons. The van der Waals surface area contributed by atoms with Crippen molar-refractivity contribution in [2.24, 2.45) is 5.92 Å². The van der Waals surface area contributed by atoms with Crippen LogP contribution >= 0.6 is 0 Å². The molecule has 0 bridgehead atoms. The Morgan fingerprint density at radius 1 is 1.19 bits per heavy atom. The number of hydrogen-bond acceptors (Lipinski definition) is 5. The Labute approximate surface area is 158 Å². The van der Waals surface area contributed by atoms with E-state index in [1.165, 1.54) is 5.56 Å². The zero-order valence-electron chi connectivity index (χ0n) is 15.4. The van der Waals surface area contributed by atoms with E-state index in [1.54, 1.807) is 38.6 Å². The lowest BCUT2D eigenvalue weighted by atomic mass is 9.96. The van der Waals surface area contributed by atoms with Gasteiger partial charge in [-0.05, 0) is 36.2 Å². The molecule has 2 heterocycles. The van der Waals surface area contributed by atoms with Crippen molar-refractivity contribution < 1.29 is 19.3 Å². The molecule has 1 aliphatic rings. The van der Waals surface area contributed by atoms with Crippen LogP contribution < -0.4 is 14.2 Å². The number of phenols is 1. The van der Waals surface area contributed by atoms with Crippen LogP contribution in [0.5, 0.6) is 23.0 Å². The maximum absolute atomic E-state index is 9.87. The first-order valence-corrected chi connectivity index (χ1v) is 8.86. The Morgan fingerprint density at radius 2 is 2.07 bits per heavy atom. The summed E-state index contributed by atoms with van der Waals surface area (Å²) >= 11 is 0. The van der Waals surface area contributed by atoms with Gasteiger partial charge in [-0.15, -0.1) is 0 Å². The molecule has 1 aliphatic heterocycles. The molecule has 0 radical (unpaired) electrons. The molecule has 4 rings (SSSR count). The second-order valence-corrected chi connectivity index (χ2v) is 6.64. The molecule has 0 fully saturated rings. The summed E-state index contributed by atoms with van der Waals surface area (Å²) in [7, 11) is 3.27. The predicted octanol–water partition coefficient (Wildman–Crippen LogP) is 3.52. The number of hydrogen-bond donors (Lipinski definition) is 1. The highest BCUT2D eigenvalue weighted by Gasteiger charge is 2.22. The van der Waals surface area contributed by atoms with Gasteiger partial charge < -0.3 is 23.9 Å². The number of aromatic hydroxyl groups is 1. The zero-order valence-corrected chi connectivity index (χ0v) is 15.4. The van der Waals surface area contributed by atoms with Crippen LogP contribution in [0.1, 0.15) is 5.56 Å². The van der Waals surface area contributed by atoms with E-state index in [0.717, 1.165) is 35.9 Å². The Hall–Kier alpha value is -3.15. The molecule has 1 aromatic heterocycles. The number of methoxy groups -OCH3 is 2. The summed E-state index contributed by atoms with van der Waals surface area (Å²) in [5.74, 6) is 3.65. The molecule has 0 saturated carbocycles. The summed E-state index contributed by atoms with van der Waals surface area (Å²) < 4.78 is 18.7. The molecule has 0 saturated heterocycles. The van der Waals surface area contributed by atoms with Gasteiger partial charge in [0.05, 0.1) is 26.4 Å². The SMILES string of the molecule is COc1ccc2c(c1)OCC(Cn1ccnc1-c1cc(O)ccc1OC)C2. The summed E-state index contributed by atoms with van der Waals surface area (Å²) in [6.45, 7) is 1.40. The predicted molar refractivity (Wildman–Crippen MR) is 102 cm³/mol. The minimum atomic E-state index is 0.184. The molecule has 0 amide bonds. The van der Waals surface area contributed by atoms with E-state index >= 15 is 0 Å². The van der Waals surface area contributed by atoms with Crippen molar-refractivity contribution in [2.45, 2.75) is 13.0 Å². The molecule has 6 heteroatoms. The van der Waals surface area contributed by atoms with Crippen LogP contribution in [-0.4, -0.2) is 35.5 Å². The van der Waals surface area contributed by atoms with Crippen molar-refractivity contribution in [3.63, 3.8) is 0 Å². The molecule has 27 heavy (non-hydrogen) atoms. The highest BCUT2D eigenvalue weighted by Crippen LogP contribution is 2.34. The first kappa shape index (κ1) is 17.3. The van der Waals surface area contributed by atoms with Crippen LogP contribution in [-0.2, 0) is 13.0 Å². The van der Waals surface area contributed by atoms with E-state index < -0.39 is 0 Å². The Bertz CT molecular complexity index is 951. The first-order chi connectivity index (χ1) is 13.2. The van der Waals surface area contributed by atoms with Crippen LogP contribution in [0.2, 0.25) is 0 Å². The number of rotatable bonds is 5. The minimum Gasteiger partial charge on any atom is -0.508 e. The van der Waals surface area contributed by atoms with Gasteiger partial charge in [0.15, 0.2) is 0 Å². The van der Waals surface area contributed by atoms with Gasteiger partial charge in [0.2, 0.25) is 0 Å². The van der Waals surface area contributed by atoms with Crippen molar-refractivity contribution in [1.29, 1.82) is 0 Å². The third-order valence-corrected chi connectivity index (χ3v) is 4.85. The monoisotopic (exact) mass is 366 g/mol. The molecule has 6 nitrogen and oxygen atoms in total. The first-order valence-electron chi connectivity index (χ1n) is 8.86. The Balaban J connectivity index is 1.57. The zero-order chi connectivity index (χ0) is 18.8. The molecule has 3 aromatic rings. The van der Waals surface area contributed by atoms with Gasteiger partial charge in [0.1, 0.15) is 28.8 Å². The molecule has 1 atom stereocenters. The fraction of sp³-hybridized carbons (Fsp3) is 0.286. The normalized spacial score (nSPS) is 15.7. The van der Waals surface area contributed by atoms with Crippen LogP contribution in [0.3, 0.4) is 0 Å². The fourth-order valence-electron chi connectivity index (χ4n) is 3.51. The topological polar surface area (TPSA) is 65.7 Å². The van der Waals surface area contributed by atoms with Crippen LogP contribution in [0.4, 0.5) is 0 Å². The third-order valence-electron chi connectivity index (χ3n) is 4.85. The van der Waals surface area contributed by atoms with Crippen LogP contribution in [0, 0.1) is 5.92 Å². The van der Waals surface area contributed by atoms with Crippen molar-refractivity contribution >= 4 is 0 Å². The van der Waals surface area contributed by atoms with Crippen LogP contribution in [0.25, 0.3) is 11.4 Å². The Kier molecular flexibility index (Phi) is 4.62. The molecule has 1 unspecified atom stereocenters. The molecule has 1 N–H and O–H groups in total. The van der Waals surface area contributed by atoms with Gasteiger partial charge in [-0.1, -0.05) is 6.07 Å². The van der Waals surface area contributed by atoms with Crippen molar-refractivity contribution in [3.8, 4) is 34.4 Å². The standard InChI is InChI=1S/C21H22N2O4/c1-25-17-5-3-15-9-14(13-27-20(15)11-17)12-23-8-7-22-21(23)18-10-16(24)4-6-19(18)26-2/h3-8,10-11,14,24H,9,12-13H2,1-2H3. The smallest absolute Gasteiger partial charge is 0.143 e. The summed E-state index contributed by atoms with van der Waals surface area (Å²) in [5.41, 5.74) is 1.95. The van der Waals surface area contributed by atoms with Gasteiger partial charge >= 0.3 is 0 Å². The second kappa shape index (κ2) is 7.23. The van der Waals surface area contributed by atoms with E-state index in [4.69, 9.17) is 14.2 Å². The summed E-state index contributed by atoms with van der Waals surface area (Å²) in [5, 5.41) is 9.87. The molecule has 2 aromatic carbocycles. The number of aromatic nitrogens is 2. The number of imidazole rings is 1. The Morgan fingerprint density at radius 3 is 2.89 bits per heavy atom. The van der Waals surface area contributed by atoms with E-state index in [-0.39, 0.29) is 5.75 Å².